The van der Waals surface area contributed by atoms with Crippen LogP contribution in [0.15, 0.2) is 21.3 Å². The van der Waals surface area contributed by atoms with Gasteiger partial charge in [0.2, 0.25) is 5.76 Å². The van der Waals surface area contributed by atoms with Crippen LogP contribution in [0.2, 0.25) is 0 Å². The largest absolute Gasteiger partial charge is 0.493 e. The van der Waals surface area contributed by atoms with Gasteiger partial charge >= 0.3 is 11.6 Å². The van der Waals surface area contributed by atoms with E-state index < -0.39 is 17.4 Å². The average molecular weight is 184 g/mol. The van der Waals surface area contributed by atoms with Gasteiger partial charge in [-0.3, -0.25) is 0 Å². The Bertz CT molecular complexity index is 365. The Labute approximate surface area is 73.6 Å². The third kappa shape index (κ3) is 2.33. The molecule has 5 nitrogen and oxygen atoms in total. The fourth-order valence-electron chi connectivity index (χ4n) is 0.810. The molecule has 0 bridgehead atoms. The molecule has 1 rings (SSSR count). The normalized spacial score (nSPS) is 9.62. The molecule has 0 atom stereocenters. The van der Waals surface area contributed by atoms with Gasteiger partial charge < -0.3 is 14.3 Å². The summed E-state index contributed by atoms with van der Waals surface area (Å²) in [7, 11) is 0. The standard InChI is InChI=1S/C8H8O5/c1-2-12-5-3-6(8(10)11)13-7(9)4-5/h3-4H,2H2,1H3,(H,10,11). The van der Waals surface area contributed by atoms with Crippen molar-refractivity contribution in [3.63, 3.8) is 0 Å². The molecule has 0 radical (unpaired) electrons. The summed E-state index contributed by atoms with van der Waals surface area (Å²) in [6, 6.07) is 2.25. The van der Waals surface area contributed by atoms with E-state index in [2.05, 4.69) is 4.42 Å². The maximum Gasteiger partial charge on any atom is 0.372 e. The van der Waals surface area contributed by atoms with Crippen molar-refractivity contribution in [1.82, 2.24) is 0 Å². The first-order valence-electron chi connectivity index (χ1n) is 3.64. The smallest absolute Gasteiger partial charge is 0.372 e. The zero-order valence-corrected chi connectivity index (χ0v) is 6.94. The minimum atomic E-state index is -1.29. The van der Waals surface area contributed by atoms with Crippen molar-refractivity contribution in [2.75, 3.05) is 6.61 Å². The van der Waals surface area contributed by atoms with E-state index >= 15 is 0 Å². The summed E-state index contributed by atoms with van der Waals surface area (Å²) < 4.78 is 9.34. The highest BCUT2D eigenvalue weighted by Gasteiger charge is 2.08. The second kappa shape index (κ2) is 3.75. The summed E-state index contributed by atoms with van der Waals surface area (Å²) in [6.45, 7) is 2.09. The van der Waals surface area contributed by atoms with Crippen molar-refractivity contribution in [2.24, 2.45) is 0 Å². The Hall–Kier alpha value is -1.78. The lowest BCUT2D eigenvalue weighted by Crippen LogP contribution is -2.06. The topological polar surface area (TPSA) is 76.7 Å². The molecule has 5 heteroatoms. The minimum absolute atomic E-state index is 0.205. The van der Waals surface area contributed by atoms with Crippen molar-refractivity contribution >= 4 is 5.97 Å². The Kier molecular flexibility index (Phi) is 2.69. The molecule has 70 valence electrons. The molecule has 0 saturated heterocycles. The van der Waals surface area contributed by atoms with E-state index in [0.29, 0.717) is 6.61 Å². The fraction of sp³-hybridized carbons (Fsp3) is 0.250. The summed E-state index contributed by atoms with van der Waals surface area (Å²) in [5.74, 6) is -1.51. The summed E-state index contributed by atoms with van der Waals surface area (Å²) in [5, 5.41) is 8.51. The third-order valence-electron chi connectivity index (χ3n) is 1.27. The van der Waals surface area contributed by atoms with Gasteiger partial charge in [-0.1, -0.05) is 0 Å². The van der Waals surface area contributed by atoms with Crippen molar-refractivity contribution in [2.45, 2.75) is 6.92 Å². The molecule has 0 fully saturated rings. The number of carboxylic acid groups (broad SMARTS) is 1. The van der Waals surface area contributed by atoms with Gasteiger partial charge in [0.05, 0.1) is 12.7 Å². The Morgan fingerprint density at radius 3 is 2.85 bits per heavy atom. The number of carboxylic acids is 1. The lowest BCUT2D eigenvalue weighted by molar-refractivity contribution is 0.0656. The Morgan fingerprint density at radius 2 is 2.31 bits per heavy atom. The number of hydrogen-bond acceptors (Lipinski definition) is 4. The van der Waals surface area contributed by atoms with E-state index in [1.54, 1.807) is 6.92 Å². The number of rotatable bonds is 3. The Balaban J connectivity index is 3.11. The molecule has 1 N–H and O–H groups in total. The van der Waals surface area contributed by atoms with Crippen LogP contribution in [0.25, 0.3) is 0 Å². The van der Waals surface area contributed by atoms with Crippen LogP contribution in [0.3, 0.4) is 0 Å². The lowest BCUT2D eigenvalue weighted by atomic mass is 10.4. The third-order valence-corrected chi connectivity index (χ3v) is 1.27. The molecule has 0 aliphatic carbocycles. The fourth-order valence-corrected chi connectivity index (χ4v) is 0.810. The summed E-state index contributed by atoms with van der Waals surface area (Å²) >= 11 is 0. The highest BCUT2D eigenvalue weighted by Crippen LogP contribution is 2.09. The molecule has 1 heterocycles. The van der Waals surface area contributed by atoms with Gasteiger partial charge in [0.25, 0.3) is 0 Å². The second-order valence-electron chi connectivity index (χ2n) is 2.21. The zero-order chi connectivity index (χ0) is 9.84. The van der Waals surface area contributed by atoms with Gasteiger partial charge in [0.1, 0.15) is 5.75 Å². The molecule has 0 aromatic carbocycles. The van der Waals surface area contributed by atoms with Crippen molar-refractivity contribution in [3.05, 3.63) is 28.3 Å². The first-order chi connectivity index (χ1) is 6.13. The summed E-state index contributed by atoms with van der Waals surface area (Å²) in [4.78, 5) is 21.2. The quantitative estimate of drug-likeness (QED) is 0.749. The number of aromatic carboxylic acids is 1. The van der Waals surface area contributed by atoms with Crippen LogP contribution in [-0.4, -0.2) is 17.7 Å². The van der Waals surface area contributed by atoms with Crippen LogP contribution in [0, 0.1) is 0 Å². The maximum absolute atomic E-state index is 10.8. The van der Waals surface area contributed by atoms with Crippen molar-refractivity contribution in [1.29, 1.82) is 0 Å². The Morgan fingerprint density at radius 1 is 1.62 bits per heavy atom. The van der Waals surface area contributed by atoms with Gasteiger partial charge in [0, 0.05) is 6.07 Å². The molecule has 0 saturated carbocycles. The first-order valence-corrected chi connectivity index (χ1v) is 3.64. The molecule has 0 unspecified atom stereocenters. The van der Waals surface area contributed by atoms with E-state index in [1.165, 1.54) is 0 Å². The van der Waals surface area contributed by atoms with Gasteiger partial charge in [-0.15, -0.1) is 0 Å². The van der Waals surface area contributed by atoms with Gasteiger partial charge in [-0.25, -0.2) is 9.59 Å². The van der Waals surface area contributed by atoms with Gasteiger partial charge in [0.15, 0.2) is 0 Å². The predicted octanol–water partition coefficient (Wildman–Crippen LogP) is 0.737. The maximum atomic E-state index is 10.8. The molecule has 0 aliphatic rings. The van der Waals surface area contributed by atoms with E-state index in [4.69, 9.17) is 9.84 Å². The zero-order valence-electron chi connectivity index (χ0n) is 6.94. The monoisotopic (exact) mass is 184 g/mol. The van der Waals surface area contributed by atoms with Crippen LogP contribution in [0.4, 0.5) is 0 Å². The van der Waals surface area contributed by atoms with E-state index in [9.17, 15) is 9.59 Å². The first kappa shape index (κ1) is 9.31. The van der Waals surface area contributed by atoms with Gasteiger partial charge in [-0.05, 0) is 6.92 Å². The second-order valence-corrected chi connectivity index (χ2v) is 2.21. The average Bonchev–Trinajstić information content (AvgIpc) is 2.03. The van der Waals surface area contributed by atoms with Crippen molar-refractivity contribution in [3.8, 4) is 5.75 Å². The predicted molar refractivity (Wildman–Crippen MR) is 43.1 cm³/mol. The highest BCUT2D eigenvalue weighted by atomic mass is 16.5. The number of ether oxygens (including phenoxy) is 1. The van der Waals surface area contributed by atoms with Crippen LogP contribution >= 0.6 is 0 Å². The van der Waals surface area contributed by atoms with E-state index in [-0.39, 0.29) is 5.75 Å². The molecule has 0 spiro atoms. The van der Waals surface area contributed by atoms with E-state index in [1.807, 2.05) is 0 Å². The van der Waals surface area contributed by atoms with Crippen LogP contribution in [0.5, 0.6) is 5.75 Å². The molecular formula is C8H8O5. The summed E-state index contributed by atoms with van der Waals surface area (Å²) in [6.07, 6.45) is 0. The number of carbonyl (C=O) groups is 1. The van der Waals surface area contributed by atoms with Gasteiger partial charge in [-0.2, -0.15) is 0 Å². The highest BCUT2D eigenvalue weighted by molar-refractivity contribution is 5.84. The lowest BCUT2D eigenvalue weighted by Gasteiger charge is -2.01. The van der Waals surface area contributed by atoms with Crippen molar-refractivity contribution < 1.29 is 19.1 Å². The molecule has 1 aromatic heterocycles. The molecule has 13 heavy (non-hydrogen) atoms. The van der Waals surface area contributed by atoms with E-state index in [0.717, 1.165) is 12.1 Å². The number of hydrogen-bond donors (Lipinski definition) is 1. The van der Waals surface area contributed by atoms with Crippen LogP contribution in [0.1, 0.15) is 17.5 Å². The minimum Gasteiger partial charge on any atom is -0.493 e. The molecule has 1 aromatic rings. The molecule has 0 aliphatic heterocycles. The molecule has 0 amide bonds. The van der Waals surface area contributed by atoms with Crippen LogP contribution in [-0.2, 0) is 0 Å². The summed E-state index contributed by atoms with van der Waals surface area (Å²) in [5.41, 5.74) is -0.733. The van der Waals surface area contributed by atoms with Crippen LogP contribution < -0.4 is 10.4 Å². The SMILES string of the molecule is CCOc1cc(C(=O)O)oc(=O)c1. The molecular weight excluding hydrogens is 176 g/mol.